The molecular weight excluding hydrogens is 248 g/mol. The van der Waals surface area contributed by atoms with Crippen LogP contribution in [0.5, 0.6) is 17.2 Å². The van der Waals surface area contributed by atoms with Gasteiger partial charge in [-0.15, -0.1) is 0 Å². The van der Waals surface area contributed by atoms with Crippen LogP contribution in [-0.4, -0.2) is 39.1 Å². The van der Waals surface area contributed by atoms with E-state index in [9.17, 15) is 5.11 Å². The van der Waals surface area contributed by atoms with E-state index in [1.165, 1.54) is 14.2 Å². The third-order valence-electron chi connectivity index (χ3n) is 2.66. The standard InChI is InChI=1S/C14H22O5/c1-9(2)19-8-11(15)10-6-12(16-3)14(18-5)13(7-10)17-4/h6-7,9,11,15H,8H2,1-5H3. The lowest BCUT2D eigenvalue weighted by atomic mass is 10.1. The highest BCUT2D eigenvalue weighted by atomic mass is 16.5. The lowest BCUT2D eigenvalue weighted by Crippen LogP contribution is -2.12. The highest BCUT2D eigenvalue weighted by Gasteiger charge is 2.17. The van der Waals surface area contributed by atoms with Gasteiger partial charge >= 0.3 is 0 Å². The smallest absolute Gasteiger partial charge is 0.203 e. The highest BCUT2D eigenvalue weighted by molar-refractivity contribution is 5.54. The van der Waals surface area contributed by atoms with Crippen molar-refractivity contribution in [2.45, 2.75) is 26.1 Å². The molecule has 0 aromatic heterocycles. The average molecular weight is 270 g/mol. The molecule has 1 aromatic carbocycles. The molecule has 0 aliphatic carbocycles. The van der Waals surface area contributed by atoms with Gasteiger partial charge in [0.15, 0.2) is 11.5 Å². The van der Waals surface area contributed by atoms with Crippen molar-refractivity contribution < 1.29 is 24.1 Å². The Hall–Kier alpha value is -1.46. The van der Waals surface area contributed by atoms with Gasteiger partial charge in [-0.3, -0.25) is 0 Å². The van der Waals surface area contributed by atoms with Crippen LogP contribution in [0.1, 0.15) is 25.5 Å². The van der Waals surface area contributed by atoms with Gasteiger partial charge in [-0.25, -0.2) is 0 Å². The van der Waals surface area contributed by atoms with Crippen LogP contribution in [0.25, 0.3) is 0 Å². The lowest BCUT2D eigenvalue weighted by molar-refractivity contribution is 0.00477. The molecular formula is C14H22O5. The summed E-state index contributed by atoms with van der Waals surface area (Å²) in [6.07, 6.45) is -0.673. The largest absolute Gasteiger partial charge is 0.493 e. The molecule has 0 aliphatic heterocycles. The first-order valence-electron chi connectivity index (χ1n) is 6.13. The van der Waals surface area contributed by atoms with Gasteiger partial charge in [0.2, 0.25) is 5.75 Å². The number of hydrogen-bond acceptors (Lipinski definition) is 5. The van der Waals surface area contributed by atoms with Crippen molar-refractivity contribution in [3.8, 4) is 17.2 Å². The van der Waals surface area contributed by atoms with Gasteiger partial charge in [0.1, 0.15) is 6.10 Å². The summed E-state index contributed by atoms with van der Waals surface area (Å²) in [6.45, 7) is 4.06. The van der Waals surface area contributed by atoms with Crippen molar-refractivity contribution in [3.63, 3.8) is 0 Å². The molecule has 5 nitrogen and oxygen atoms in total. The first-order chi connectivity index (χ1) is 9.03. The monoisotopic (exact) mass is 270 g/mol. The molecule has 1 aromatic rings. The van der Waals surface area contributed by atoms with Crippen LogP contribution in [0.3, 0.4) is 0 Å². The molecule has 0 fully saturated rings. The van der Waals surface area contributed by atoms with Crippen LogP contribution in [0, 0.1) is 0 Å². The molecule has 5 heteroatoms. The van der Waals surface area contributed by atoms with Gasteiger partial charge in [0, 0.05) is 0 Å². The number of methoxy groups -OCH3 is 3. The number of ether oxygens (including phenoxy) is 4. The molecule has 0 amide bonds. The molecule has 0 spiro atoms. The van der Waals surface area contributed by atoms with E-state index in [4.69, 9.17) is 18.9 Å². The van der Waals surface area contributed by atoms with E-state index < -0.39 is 6.10 Å². The molecule has 108 valence electrons. The minimum Gasteiger partial charge on any atom is -0.493 e. The Morgan fingerprint density at radius 1 is 1.00 bits per heavy atom. The summed E-state index contributed by atoms with van der Waals surface area (Å²) in [7, 11) is 4.62. The normalized spacial score (nSPS) is 12.4. The fraction of sp³-hybridized carbons (Fsp3) is 0.571. The van der Waals surface area contributed by atoms with E-state index >= 15 is 0 Å². The number of aliphatic hydroxyl groups is 1. The van der Waals surface area contributed by atoms with E-state index in [0.717, 1.165) is 0 Å². The van der Waals surface area contributed by atoms with Crippen LogP contribution in [-0.2, 0) is 4.74 Å². The Labute approximate surface area is 114 Å². The van der Waals surface area contributed by atoms with Crippen LogP contribution in [0.2, 0.25) is 0 Å². The molecule has 0 saturated heterocycles. The SMILES string of the molecule is COc1cc(C(O)COC(C)C)cc(OC)c1OC. The van der Waals surface area contributed by atoms with Gasteiger partial charge in [-0.1, -0.05) is 0 Å². The lowest BCUT2D eigenvalue weighted by Gasteiger charge is -2.18. The second kappa shape index (κ2) is 7.21. The van der Waals surface area contributed by atoms with E-state index in [2.05, 4.69) is 0 Å². The highest BCUT2D eigenvalue weighted by Crippen LogP contribution is 2.39. The fourth-order valence-electron chi connectivity index (χ4n) is 1.67. The molecule has 1 rings (SSSR count). The van der Waals surface area contributed by atoms with Gasteiger partial charge in [0.05, 0.1) is 34.0 Å². The number of rotatable bonds is 7. The molecule has 0 bridgehead atoms. The third-order valence-corrected chi connectivity index (χ3v) is 2.66. The Bertz CT molecular complexity index is 378. The van der Waals surface area contributed by atoms with Crippen LogP contribution in [0.4, 0.5) is 0 Å². The van der Waals surface area contributed by atoms with E-state index in [1.807, 2.05) is 13.8 Å². The Morgan fingerprint density at radius 2 is 1.53 bits per heavy atom. The molecule has 0 saturated carbocycles. The Kier molecular flexibility index (Phi) is 5.92. The maximum atomic E-state index is 10.1. The molecule has 0 radical (unpaired) electrons. The first kappa shape index (κ1) is 15.6. The first-order valence-corrected chi connectivity index (χ1v) is 6.13. The summed E-state index contributed by atoms with van der Waals surface area (Å²) >= 11 is 0. The van der Waals surface area contributed by atoms with Crippen molar-refractivity contribution in [3.05, 3.63) is 17.7 Å². The maximum absolute atomic E-state index is 10.1. The summed E-state index contributed by atoms with van der Waals surface area (Å²) < 4.78 is 21.1. The Morgan fingerprint density at radius 3 is 1.89 bits per heavy atom. The fourth-order valence-corrected chi connectivity index (χ4v) is 1.67. The predicted octanol–water partition coefficient (Wildman–Crippen LogP) is 2.17. The number of aliphatic hydroxyl groups excluding tert-OH is 1. The molecule has 19 heavy (non-hydrogen) atoms. The minimum absolute atomic E-state index is 0.0664. The molecule has 1 N–H and O–H groups in total. The zero-order valence-electron chi connectivity index (χ0n) is 12.1. The number of hydrogen-bond donors (Lipinski definition) is 1. The maximum Gasteiger partial charge on any atom is 0.203 e. The molecule has 0 heterocycles. The van der Waals surface area contributed by atoms with Crippen molar-refractivity contribution in [1.29, 1.82) is 0 Å². The van der Waals surface area contributed by atoms with Gasteiger partial charge in [0.25, 0.3) is 0 Å². The zero-order chi connectivity index (χ0) is 14.4. The second-order valence-corrected chi connectivity index (χ2v) is 4.36. The van der Waals surface area contributed by atoms with Crippen molar-refractivity contribution in [2.24, 2.45) is 0 Å². The van der Waals surface area contributed by atoms with Gasteiger partial charge in [-0.2, -0.15) is 0 Å². The summed E-state index contributed by atoms with van der Waals surface area (Å²) in [4.78, 5) is 0. The van der Waals surface area contributed by atoms with E-state index in [1.54, 1.807) is 19.2 Å². The van der Waals surface area contributed by atoms with E-state index in [0.29, 0.717) is 22.8 Å². The summed E-state index contributed by atoms with van der Waals surface area (Å²) in [5.74, 6) is 1.53. The Balaban J connectivity index is 3.01. The van der Waals surface area contributed by atoms with Crippen LogP contribution < -0.4 is 14.2 Å². The molecule has 1 atom stereocenters. The topological polar surface area (TPSA) is 57.2 Å². The van der Waals surface area contributed by atoms with Crippen molar-refractivity contribution in [2.75, 3.05) is 27.9 Å². The zero-order valence-corrected chi connectivity index (χ0v) is 12.1. The summed E-state index contributed by atoms with van der Waals surface area (Å²) in [6, 6.07) is 3.44. The van der Waals surface area contributed by atoms with Gasteiger partial charge < -0.3 is 24.1 Å². The van der Waals surface area contributed by atoms with Crippen molar-refractivity contribution in [1.82, 2.24) is 0 Å². The van der Waals surface area contributed by atoms with Crippen LogP contribution in [0.15, 0.2) is 12.1 Å². The second-order valence-electron chi connectivity index (χ2n) is 4.36. The average Bonchev–Trinajstić information content (AvgIpc) is 2.42. The van der Waals surface area contributed by atoms with Gasteiger partial charge in [-0.05, 0) is 31.5 Å². The molecule has 0 aliphatic rings. The summed E-state index contributed by atoms with van der Waals surface area (Å²) in [5, 5.41) is 10.1. The van der Waals surface area contributed by atoms with Crippen molar-refractivity contribution >= 4 is 0 Å². The quantitative estimate of drug-likeness (QED) is 0.823. The van der Waals surface area contributed by atoms with Crippen LogP contribution >= 0.6 is 0 Å². The molecule has 1 unspecified atom stereocenters. The van der Waals surface area contributed by atoms with E-state index in [-0.39, 0.29) is 12.7 Å². The minimum atomic E-state index is -0.740. The summed E-state index contributed by atoms with van der Waals surface area (Å²) in [5.41, 5.74) is 0.662. The third kappa shape index (κ3) is 4.01. The predicted molar refractivity (Wildman–Crippen MR) is 72.1 cm³/mol. The number of benzene rings is 1.